The highest BCUT2D eigenvalue weighted by Gasteiger charge is 2.30. The van der Waals surface area contributed by atoms with Gasteiger partial charge in [0, 0.05) is 25.1 Å². The standard InChI is InChI=1S/C19H22N2O5/c1-20-8-7-12-9-19(26-3)17(22)11-13(12)16(20)10-14-15(21(23)24)5-4-6-18(14)25-2/h4-6,9,11,16,22H,7-8,10H2,1-3H3. The largest absolute Gasteiger partial charge is 0.504 e. The molecule has 1 aliphatic rings. The zero-order chi connectivity index (χ0) is 18.8. The molecule has 0 fully saturated rings. The van der Waals surface area contributed by atoms with Crippen LogP contribution in [0, 0.1) is 10.1 Å². The van der Waals surface area contributed by atoms with Crippen LogP contribution < -0.4 is 9.47 Å². The summed E-state index contributed by atoms with van der Waals surface area (Å²) in [6, 6.07) is 8.29. The van der Waals surface area contributed by atoms with Crippen molar-refractivity contribution in [2.24, 2.45) is 0 Å². The summed E-state index contributed by atoms with van der Waals surface area (Å²) >= 11 is 0. The number of phenolic OH excluding ortho intramolecular Hbond substituents is 1. The lowest BCUT2D eigenvalue weighted by Crippen LogP contribution is -2.33. The second-order valence-electron chi connectivity index (χ2n) is 6.39. The Morgan fingerprint density at radius 1 is 1.27 bits per heavy atom. The number of nitrogens with zero attached hydrogens (tertiary/aromatic N) is 2. The maximum atomic E-state index is 11.5. The quantitative estimate of drug-likeness (QED) is 0.653. The number of phenols is 1. The molecule has 3 rings (SSSR count). The molecule has 0 bridgehead atoms. The minimum atomic E-state index is -0.382. The van der Waals surface area contributed by atoms with Crippen molar-refractivity contribution in [3.63, 3.8) is 0 Å². The van der Waals surface area contributed by atoms with Crippen LogP contribution >= 0.6 is 0 Å². The van der Waals surface area contributed by atoms with Gasteiger partial charge in [-0.3, -0.25) is 15.0 Å². The summed E-state index contributed by atoms with van der Waals surface area (Å²) in [7, 11) is 5.01. The summed E-state index contributed by atoms with van der Waals surface area (Å²) in [5.41, 5.74) is 2.64. The van der Waals surface area contributed by atoms with Gasteiger partial charge < -0.3 is 14.6 Å². The van der Waals surface area contributed by atoms with Crippen LogP contribution in [0.1, 0.15) is 22.7 Å². The van der Waals surface area contributed by atoms with Gasteiger partial charge in [-0.05, 0) is 42.8 Å². The molecule has 26 heavy (non-hydrogen) atoms. The van der Waals surface area contributed by atoms with Crippen LogP contribution in [0.4, 0.5) is 5.69 Å². The predicted octanol–water partition coefficient (Wildman–Crippen LogP) is 3.09. The first-order valence-corrected chi connectivity index (χ1v) is 8.36. The molecule has 1 unspecified atom stereocenters. The number of aromatic hydroxyl groups is 1. The van der Waals surface area contributed by atoms with E-state index < -0.39 is 0 Å². The Morgan fingerprint density at radius 2 is 2.00 bits per heavy atom. The molecule has 138 valence electrons. The Kier molecular flexibility index (Phi) is 4.99. The molecule has 0 saturated heterocycles. The number of hydrogen-bond acceptors (Lipinski definition) is 6. The summed E-state index contributed by atoms with van der Waals surface area (Å²) in [5, 5.41) is 21.7. The summed E-state index contributed by atoms with van der Waals surface area (Å²) in [5.74, 6) is 1.01. The normalized spacial score (nSPS) is 16.8. The Hall–Kier alpha value is -2.80. The van der Waals surface area contributed by atoms with Crippen LogP contribution in [0.25, 0.3) is 0 Å². The highest BCUT2D eigenvalue weighted by Crippen LogP contribution is 2.41. The van der Waals surface area contributed by atoms with Gasteiger partial charge in [-0.15, -0.1) is 0 Å². The fourth-order valence-corrected chi connectivity index (χ4v) is 3.59. The highest BCUT2D eigenvalue weighted by molar-refractivity contribution is 5.53. The minimum Gasteiger partial charge on any atom is -0.504 e. The molecule has 2 aromatic rings. The lowest BCUT2D eigenvalue weighted by atomic mass is 9.88. The fraction of sp³-hybridized carbons (Fsp3) is 0.368. The van der Waals surface area contributed by atoms with Crippen molar-refractivity contribution in [2.75, 3.05) is 27.8 Å². The van der Waals surface area contributed by atoms with Crippen LogP contribution in [0.5, 0.6) is 17.2 Å². The van der Waals surface area contributed by atoms with E-state index in [1.165, 1.54) is 20.3 Å². The molecule has 1 atom stereocenters. The fourth-order valence-electron chi connectivity index (χ4n) is 3.59. The van der Waals surface area contributed by atoms with Crippen molar-refractivity contribution in [2.45, 2.75) is 18.9 Å². The van der Waals surface area contributed by atoms with E-state index in [2.05, 4.69) is 4.90 Å². The number of likely N-dealkylation sites (N-methyl/N-ethyl adjacent to an activating group) is 1. The van der Waals surface area contributed by atoms with Crippen molar-refractivity contribution in [1.82, 2.24) is 4.90 Å². The van der Waals surface area contributed by atoms with Crippen molar-refractivity contribution in [3.05, 3.63) is 57.1 Å². The number of hydrogen-bond donors (Lipinski definition) is 1. The Bertz CT molecular complexity index is 837. The average Bonchev–Trinajstić information content (AvgIpc) is 2.63. The number of ether oxygens (including phenoxy) is 2. The van der Waals surface area contributed by atoms with E-state index in [0.29, 0.717) is 23.5 Å². The van der Waals surface area contributed by atoms with E-state index in [1.807, 2.05) is 13.1 Å². The van der Waals surface area contributed by atoms with Crippen LogP contribution in [0.15, 0.2) is 30.3 Å². The SMILES string of the molecule is COc1cc2c(cc1O)C(Cc1c(OC)cccc1[N+](=O)[O-])N(C)CC2. The number of rotatable bonds is 5. The van der Waals surface area contributed by atoms with Crippen LogP contribution in [-0.2, 0) is 12.8 Å². The monoisotopic (exact) mass is 358 g/mol. The van der Waals surface area contributed by atoms with Gasteiger partial charge in [-0.25, -0.2) is 0 Å². The molecule has 1 heterocycles. The van der Waals surface area contributed by atoms with Gasteiger partial charge >= 0.3 is 0 Å². The number of nitro benzene ring substituents is 1. The predicted molar refractivity (Wildman–Crippen MR) is 97.1 cm³/mol. The number of methoxy groups -OCH3 is 2. The number of fused-ring (bicyclic) bond motifs is 1. The van der Waals surface area contributed by atoms with E-state index in [0.717, 1.165) is 24.1 Å². The third-order valence-corrected chi connectivity index (χ3v) is 4.99. The van der Waals surface area contributed by atoms with Crippen molar-refractivity contribution in [3.8, 4) is 17.2 Å². The first kappa shape index (κ1) is 18.0. The van der Waals surface area contributed by atoms with E-state index in [9.17, 15) is 15.2 Å². The van der Waals surface area contributed by atoms with Crippen LogP contribution in [-0.4, -0.2) is 42.7 Å². The summed E-state index contributed by atoms with van der Waals surface area (Å²) in [6.07, 6.45) is 1.24. The molecule has 0 aromatic heterocycles. The van der Waals surface area contributed by atoms with Gasteiger partial charge in [-0.1, -0.05) is 6.07 Å². The molecule has 0 aliphatic carbocycles. The van der Waals surface area contributed by atoms with Crippen molar-refractivity contribution >= 4 is 5.69 Å². The lowest BCUT2D eigenvalue weighted by molar-refractivity contribution is -0.385. The van der Waals surface area contributed by atoms with Gasteiger partial charge in [0.2, 0.25) is 0 Å². The molecule has 1 aliphatic heterocycles. The summed E-state index contributed by atoms with van der Waals surface area (Å²) in [4.78, 5) is 13.2. The zero-order valence-corrected chi connectivity index (χ0v) is 15.1. The number of nitro groups is 1. The van der Waals surface area contributed by atoms with E-state index in [4.69, 9.17) is 9.47 Å². The maximum absolute atomic E-state index is 11.5. The van der Waals surface area contributed by atoms with E-state index in [-0.39, 0.29) is 22.4 Å². The molecule has 1 N–H and O–H groups in total. The third-order valence-electron chi connectivity index (χ3n) is 4.99. The Labute approximate surface area is 151 Å². The van der Waals surface area contributed by atoms with Gasteiger partial charge in [0.05, 0.1) is 24.7 Å². The van der Waals surface area contributed by atoms with Gasteiger partial charge in [-0.2, -0.15) is 0 Å². The van der Waals surface area contributed by atoms with Crippen molar-refractivity contribution in [1.29, 1.82) is 0 Å². The Balaban J connectivity index is 2.07. The molecule has 0 radical (unpaired) electrons. The first-order valence-electron chi connectivity index (χ1n) is 8.36. The molecule has 7 nitrogen and oxygen atoms in total. The minimum absolute atomic E-state index is 0.0441. The molecule has 0 saturated carbocycles. The molecule has 0 amide bonds. The molecular formula is C19H22N2O5. The molecule has 0 spiro atoms. The number of benzene rings is 2. The Morgan fingerprint density at radius 3 is 2.65 bits per heavy atom. The second-order valence-corrected chi connectivity index (χ2v) is 6.39. The average molecular weight is 358 g/mol. The summed E-state index contributed by atoms with van der Waals surface area (Å²) < 4.78 is 10.6. The topological polar surface area (TPSA) is 85.1 Å². The molecular weight excluding hydrogens is 336 g/mol. The second kappa shape index (κ2) is 7.21. The highest BCUT2D eigenvalue weighted by atomic mass is 16.6. The molecule has 2 aromatic carbocycles. The van der Waals surface area contributed by atoms with Gasteiger partial charge in [0.25, 0.3) is 5.69 Å². The van der Waals surface area contributed by atoms with Gasteiger partial charge in [0.15, 0.2) is 11.5 Å². The van der Waals surface area contributed by atoms with Crippen LogP contribution in [0.3, 0.4) is 0 Å². The maximum Gasteiger partial charge on any atom is 0.276 e. The van der Waals surface area contributed by atoms with Crippen LogP contribution in [0.2, 0.25) is 0 Å². The smallest absolute Gasteiger partial charge is 0.276 e. The van der Waals surface area contributed by atoms with Crippen molar-refractivity contribution < 1.29 is 19.5 Å². The molecule has 7 heteroatoms. The lowest BCUT2D eigenvalue weighted by Gasteiger charge is -2.35. The zero-order valence-electron chi connectivity index (χ0n) is 15.1. The van der Waals surface area contributed by atoms with E-state index >= 15 is 0 Å². The first-order chi connectivity index (χ1) is 12.5. The third kappa shape index (κ3) is 3.17. The van der Waals surface area contributed by atoms with Gasteiger partial charge in [0.1, 0.15) is 5.75 Å². The van der Waals surface area contributed by atoms with E-state index in [1.54, 1.807) is 18.2 Å². The summed E-state index contributed by atoms with van der Waals surface area (Å²) in [6.45, 7) is 0.814.